The van der Waals surface area contributed by atoms with Gasteiger partial charge in [0.1, 0.15) is 0 Å². The highest BCUT2D eigenvalue weighted by molar-refractivity contribution is 4.79. The van der Waals surface area contributed by atoms with Gasteiger partial charge in [0.15, 0.2) is 0 Å². The topological polar surface area (TPSA) is 0 Å². The van der Waals surface area contributed by atoms with Crippen molar-refractivity contribution in [2.45, 2.75) is 170 Å². The molecule has 0 aliphatic rings. The monoisotopic (exact) mass is 394 g/mol. The van der Waals surface area contributed by atoms with Crippen molar-refractivity contribution >= 4 is 0 Å². The molecule has 0 fully saturated rings. The molecule has 0 unspecified atom stereocenters. The molecule has 170 valence electrons. The molecule has 0 bridgehead atoms. The second kappa shape index (κ2) is 17.8. The van der Waals surface area contributed by atoms with Gasteiger partial charge in [-0.05, 0) is 49.4 Å². The smallest absolute Gasteiger partial charge is 0.0297 e. The van der Waals surface area contributed by atoms with E-state index in [1.54, 1.807) is 0 Å². The van der Waals surface area contributed by atoms with Gasteiger partial charge in [0.25, 0.3) is 0 Å². The van der Waals surface area contributed by atoms with Crippen LogP contribution in [0, 0.1) is 10.8 Å². The van der Waals surface area contributed by atoms with Crippen molar-refractivity contribution in [2.75, 3.05) is 0 Å². The van der Waals surface area contributed by atoms with Crippen molar-refractivity contribution in [3.63, 3.8) is 0 Å². The quantitative estimate of drug-likeness (QED) is 0.170. The zero-order chi connectivity index (χ0) is 21.1. The van der Waals surface area contributed by atoms with Crippen molar-refractivity contribution < 1.29 is 0 Å². The van der Waals surface area contributed by atoms with Crippen molar-refractivity contribution in [2.24, 2.45) is 10.8 Å². The van der Waals surface area contributed by atoms with Crippen molar-refractivity contribution in [1.29, 1.82) is 0 Å². The molecule has 0 saturated heterocycles. The van der Waals surface area contributed by atoms with E-state index in [4.69, 9.17) is 0 Å². The highest BCUT2D eigenvalue weighted by Crippen LogP contribution is 2.41. The summed E-state index contributed by atoms with van der Waals surface area (Å²) in [6.07, 6.45) is 28.9. The first-order chi connectivity index (χ1) is 13.4. The van der Waals surface area contributed by atoms with Crippen molar-refractivity contribution in [1.82, 2.24) is 0 Å². The van der Waals surface area contributed by atoms with E-state index in [-0.39, 0.29) is 0 Å². The third kappa shape index (κ3) is 14.9. The summed E-state index contributed by atoms with van der Waals surface area (Å²) in [6, 6.07) is 0. The molecule has 0 aliphatic heterocycles. The maximum atomic E-state index is 2.48. The molecule has 0 spiro atoms. The standard InChI is InChI=1S/C28H58/c1-7-11-21-27(5,6)22-19-17-15-16-18-20-26-28(23-12-8-2,24-13-9-3)25-14-10-4/h7-26H2,1-6H3. The maximum Gasteiger partial charge on any atom is -0.0297 e. The fourth-order valence-corrected chi connectivity index (χ4v) is 5.00. The second-order valence-electron chi connectivity index (χ2n) is 10.7. The fourth-order valence-electron chi connectivity index (χ4n) is 5.00. The van der Waals surface area contributed by atoms with Crippen LogP contribution in [0.2, 0.25) is 0 Å². The zero-order valence-corrected chi connectivity index (χ0v) is 21.1. The van der Waals surface area contributed by atoms with Gasteiger partial charge in [0.05, 0.1) is 0 Å². The van der Waals surface area contributed by atoms with E-state index in [1.807, 2.05) is 0 Å². The van der Waals surface area contributed by atoms with Gasteiger partial charge in [-0.25, -0.2) is 0 Å². The van der Waals surface area contributed by atoms with E-state index in [0.29, 0.717) is 10.8 Å². The Bertz CT molecular complexity index is 292. The Balaban J connectivity index is 4.10. The van der Waals surface area contributed by atoms with Crippen LogP contribution < -0.4 is 0 Å². The first-order valence-electron chi connectivity index (χ1n) is 13.4. The predicted octanol–water partition coefficient (Wildman–Crippen LogP) is 10.9. The van der Waals surface area contributed by atoms with Gasteiger partial charge in [-0.3, -0.25) is 0 Å². The largest absolute Gasteiger partial charge is 0.0654 e. The second-order valence-corrected chi connectivity index (χ2v) is 10.7. The van der Waals surface area contributed by atoms with Crippen LogP contribution in [0.15, 0.2) is 0 Å². The number of hydrogen-bond acceptors (Lipinski definition) is 0. The molecule has 0 aromatic heterocycles. The summed E-state index contributed by atoms with van der Waals surface area (Å²) in [4.78, 5) is 0. The Labute approximate surface area is 181 Å². The molecule has 0 rings (SSSR count). The Morgan fingerprint density at radius 1 is 0.357 bits per heavy atom. The normalized spacial score (nSPS) is 12.6. The van der Waals surface area contributed by atoms with Crippen LogP contribution in [-0.2, 0) is 0 Å². The number of hydrogen-bond donors (Lipinski definition) is 0. The minimum Gasteiger partial charge on any atom is -0.0654 e. The van der Waals surface area contributed by atoms with Crippen LogP contribution >= 0.6 is 0 Å². The lowest BCUT2D eigenvalue weighted by Gasteiger charge is -2.35. The van der Waals surface area contributed by atoms with Crippen LogP contribution in [0.4, 0.5) is 0 Å². The molecule has 0 N–H and O–H groups in total. The Morgan fingerprint density at radius 2 is 0.643 bits per heavy atom. The van der Waals surface area contributed by atoms with Crippen LogP contribution in [0.3, 0.4) is 0 Å². The third-order valence-corrected chi connectivity index (χ3v) is 7.20. The van der Waals surface area contributed by atoms with Crippen LogP contribution in [0.25, 0.3) is 0 Å². The van der Waals surface area contributed by atoms with Crippen molar-refractivity contribution in [3.05, 3.63) is 0 Å². The average Bonchev–Trinajstić information content (AvgIpc) is 2.69. The molecule has 0 aromatic rings. The number of rotatable bonds is 21. The molecule has 0 radical (unpaired) electrons. The number of unbranched alkanes of at least 4 members (excludes halogenated alkanes) is 9. The lowest BCUT2D eigenvalue weighted by molar-refractivity contribution is 0.175. The van der Waals surface area contributed by atoms with E-state index in [0.717, 1.165) is 0 Å². The fraction of sp³-hybridized carbons (Fsp3) is 1.00. The SMILES string of the molecule is CCCCC(C)(C)CCCCCCCCC(CCCC)(CCCC)CCCC. The Hall–Kier alpha value is 0. The summed E-state index contributed by atoms with van der Waals surface area (Å²) in [5.74, 6) is 0. The van der Waals surface area contributed by atoms with Gasteiger partial charge < -0.3 is 0 Å². The van der Waals surface area contributed by atoms with Gasteiger partial charge in [-0.15, -0.1) is 0 Å². The van der Waals surface area contributed by atoms with E-state index in [9.17, 15) is 0 Å². The van der Waals surface area contributed by atoms with E-state index in [2.05, 4.69) is 41.5 Å². The summed E-state index contributed by atoms with van der Waals surface area (Å²) >= 11 is 0. The minimum atomic E-state index is 0.577. The molecule has 0 heterocycles. The summed E-state index contributed by atoms with van der Waals surface area (Å²) in [5, 5.41) is 0. The summed E-state index contributed by atoms with van der Waals surface area (Å²) in [6.45, 7) is 14.4. The van der Waals surface area contributed by atoms with Gasteiger partial charge >= 0.3 is 0 Å². The van der Waals surface area contributed by atoms with E-state index < -0.39 is 0 Å². The first kappa shape index (κ1) is 28.0. The van der Waals surface area contributed by atoms with Gasteiger partial charge in [-0.2, -0.15) is 0 Å². The lowest BCUT2D eigenvalue weighted by Crippen LogP contribution is -2.21. The predicted molar refractivity (Wildman–Crippen MR) is 131 cm³/mol. The molecule has 0 heteroatoms. The average molecular weight is 395 g/mol. The first-order valence-corrected chi connectivity index (χ1v) is 13.4. The lowest BCUT2D eigenvalue weighted by atomic mass is 9.71. The molecule has 0 saturated carbocycles. The van der Waals surface area contributed by atoms with Gasteiger partial charge in [0, 0.05) is 0 Å². The molecule has 0 atom stereocenters. The van der Waals surface area contributed by atoms with Gasteiger partial charge in [0.2, 0.25) is 0 Å². The van der Waals surface area contributed by atoms with Crippen molar-refractivity contribution in [3.8, 4) is 0 Å². The third-order valence-electron chi connectivity index (χ3n) is 7.20. The highest BCUT2D eigenvalue weighted by Gasteiger charge is 2.27. The summed E-state index contributed by atoms with van der Waals surface area (Å²) in [5.41, 5.74) is 1.26. The minimum absolute atomic E-state index is 0.577. The summed E-state index contributed by atoms with van der Waals surface area (Å²) in [7, 11) is 0. The molecule has 0 nitrogen and oxygen atoms in total. The van der Waals surface area contributed by atoms with Crippen LogP contribution in [0.5, 0.6) is 0 Å². The molecular formula is C28H58. The molecule has 0 aliphatic carbocycles. The van der Waals surface area contributed by atoms with Crippen LogP contribution in [-0.4, -0.2) is 0 Å². The van der Waals surface area contributed by atoms with E-state index >= 15 is 0 Å². The van der Waals surface area contributed by atoms with Crippen LogP contribution in [0.1, 0.15) is 170 Å². The summed E-state index contributed by atoms with van der Waals surface area (Å²) < 4.78 is 0. The maximum absolute atomic E-state index is 2.48. The zero-order valence-electron chi connectivity index (χ0n) is 21.1. The Kier molecular flexibility index (Phi) is 17.8. The molecule has 0 amide bonds. The molecular weight excluding hydrogens is 336 g/mol. The molecule has 28 heavy (non-hydrogen) atoms. The molecule has 0 aromatic carbocycles. The Morgan fingerprint density at radius 3 is 1.07 bits per heavy atom. The highest BCUT2D eigenvalue weighted by atomic mass is 14.3. The van der Waals surface area contributed by atoms with E-state index in [1.165, 1.54) is 128 Å². The van der Waals surface area contributed by atoms with Gasteiger partial charge in [-0.1, -0.05) is 131 Å².